The number of aromatic nitrogens is 4. The van der Waals surface area contributed by atoms with Crippen molar-refractivity contribution in [3.8, 4) is 16.4 Å². The molecule has 0 saturated heterocycles. The fourth-order valence-corrected chi connectivity index (χ4v) is 3.63. The molecule has 0 fully saturated rings. The lowest BCUT2D eigenvalue weighted by Crippen LogP contribution is -2.21. The van der Waals surface area contributed by atoms with Crippen LogP contribution in [0.3, 0.4) is 0 Å². The molecule has 0 amide bonds. The summed E-state index contributed by atoms with van der Waals surface area (Å²) in [4.78, 5) is 18.8. The molecule has 0 aliphatic rings. The molecule has 0 bridgehead atoms. The van der Waals surface area contributed by atoms with Crippen molar-refractivity contribution in [2.45, 2.75) is 0 Å². The topological polar surface area (TPSA) is 52.2 Å². The minimum Gasteiger partial charge on any atom is -0.268 e. The highest BCUT2D eigenvalue weighted by molar-refractivity contribution is 7.13. The van der Waals surface area contributed by atoms with Crippen LogP contribution in [0.5, 0.6) is 0 Å². The smallest absolute Gasteiger partial charge is 0.267 e. The molecule has 2 aromatic carbocycles. The van der Waals surface area contributed by atoms with E-state index in [0.29, 0.717) is 17.0 Å². The summed E-state index contributed by atoms with van der Waals surface area (Å²) in [5.74, 6) is 1.13. The first-order chi connectivity index (χ1) is 12.3. The Morgan fingerprint density at radius 3 is 2.48 bits per heavy atom. The number of rotatable bonds is 2. The van der Waals surface area contributed by atoms with Gasteiger partial charge in [-0.25, -0.2) is 4.57 Å². The SMILES string of the molecule is O=c1c2ccccc2n2nc(-c3cccs3)nc2n1-c1ccccc1. The number of nitrogens with zero attached hydrogens (tertiary/aromatic N) is 4. The lowest BCUT2D eigenvalue weighted by molar-refractivity contribution is 0.919. The number of benzene rings is 2. The standard InChI is InChI=1S/C19H12N4OS/c24-18-14-9-4-5-10-15(14)23-19(22(18)13-7-2-1-3-8-13)20-17(21-23)16-11-6-12-25-16/h1-12H. The Kier molecular flexibility index (Phi) is 3.05. The average Bonchev–Trinajstić information content (AvgIpc) is 3.33. The van der Waals surface area contributed by atoms with Crippen LogP contribution in [0, 0.1) is 0 Å². The highest BCUT2D eigenvalue weighted by Crippen LogP contribution is 2.24. The van der Waals surface area contributed by atoms with E-state index in [0.717, 1.165) is 16.1 Å². The maximum Gasteiger partial charge on any atom is 0.267 e. The molecule has 3 aromatic heterocycles. The molecule has 3 heterocycles. The molecule has 5 aromatic rings. The quantitative estimate of drug-likeness (QED) is 0.490. The zero-order chi connectivity index (χ0) is 16.8. The molecule has 0 aliphatic heterocycles. The van der Waals surface area contributed by atoms with Crippen molar-refractivity contribution in [1.82, 2.24) is 19.2 Å². The summed E-state index contributed by atoms with van der Waals surface area (Å²) < 4.78 is 3.37. The predicted molar refractivity (Wildman–Crippen MR) is 99.4 cm³/mol. The van der Waals surface area contributed by atoms with E-state index >= 15 is 0 Å². The molecule has 0 atom stereocenters. The van der Waals surface area contributed by atoms with E-state index < -0.39 is 0 Å². The van der Waals surface area contributed by atoms with Crippen molar-refractivity contribution in [2.75, 3.05) is 0 Å². The van der Waals surface area contributed by atoms with Gasteiger partial charge in [-0.3, -0.25) is 4.79 Å². The van der Waals surface area contributed by atoms with E-state index in [1.165, 1.54) is 0 Å². The highest BCUT2D eigenvalue weighted by Gasteiger charge is 2.17. The Morgan fingerprint density at radius 2 is 1.68 bits per heavy atom. The first kappa shape index (κ1) is 14.1. The Balaban J connectivity index is 1.97. The zero-order valence-corrected chi connectivity index (χ0v) is 13.9. The van der Waals surface area contributed by atoms with Crippen LogP contribution in [0.15, 0.2) is 76.9 Å². The van der Waals surface area contributed by atoms with Gasteiger partial charge in [-0.2, -0.15) is 9.50 Å². The van der Waals surface area contributed by atoms with Gasteiger partial charge >= 0.3 is 0 Å². The van der Waals surface area contributed by atoms with Crippen LogP contribution in [0.1, 0.15) is 0 Å². The van der Waals surface area contributed by atoms with Crippen LogP contribution in [0.25, 0.3) is 33.1 Å². The van der Waals surface area contributed by atoms with Crippen molar-refractivity contribution in [1.29, 1.82) is 0 Å². The van der Waals surface area contributed by atoms with Crippen LogP contribution in [-0.4, -0.2) is 19.2 Å². The molecule has 25 heavy (non-hydrogen) atoms. The van der Waals surface area contributed by atoms with Crippen LogP contribution < -0.4 is 5.56 Å². The highest BCUT2D eigenvalue weighted by atomic mass is 32.1. The summed E-state index contributed by atoms with van der Waals surface area (Å²) in [6.07, 6.45) is 0. The van der Waals surface area contributed by atoms with Gasteiger partial charge in [0, 0.05) is 0 Å². The Labute approximate surface area is 146 Å². The Hall–Kier alpha value is -3.25. The Morgan fingerprint density at radius 1 is 0.880 bits per heavy atom. The van der Waals surface area contributed by atoms with Crippen LogP contribution in [0.4, 0.5) is 0 Å². The van der Waals surface area contributed by atoms with E-state index in [1.807, 2.05) is 72.1 Å². The van der Waals surface area contributed by atoms with Gasteiger partial charge in [0.25, 0.3) is 5.56 Å². The van der Waals surface area contributed by atoms with Gasteiger partial charge in [0.1, 0.15) is 0 Å². The summed E-state index contributed by atoms with van der Waals surface area (Å²) in [6.45, 7) is 0. The van der Waals surface area contributed by atoms with Gasteiger partial charge in [0.05, 0.1) is 21.5 Å². The molecule has 6 heteroatoms. The van der Waals surface area contributed by atoms with Crippen molar-refractivity contribution >= 4 is 28.0 Å². The number of fused-ring (bicyclic) bond motifs is 3. The number of para-hydroxylation sites is 2. The molecule has 5 nitrogen and oxygen atoms in total. The minimum atomic E-state index is -0.0978. The Bertz CT molecular complexity index is 1250. The molecule has 0 spiro atoms. The second kappa shape index (κ2) is 5.39. The lowest BCUT2D eigenvalue weighted by atomic mass is 10.2. The number of hydrogen-bond acceptors (Lipinski definition) is 4. The van der Waals surface area contributed by atoms with Gasteiger partial charge in [-0.15, -0.1) is 16.4 Å². The van der Waals surface area contributed by atoms with Crippen LogP contribution >= 0.6 is 11.3 Å². The number of hydrogen-bond donors (Lipinski definition) is 0. The van der Waals surface area contributed by atoms with Gasteiger partial charge in [-0.05, 0) is 35.7 Å². The molecule has 120 valence electrons. The van der Waals surface area contributed by atoms with Crippen molar-refractivity contribution < 1.29 is 0 Å². The molecule has 0 saturated carbocycles. The molecular formula is C19H12N4OS. The minimum absolute atomic E-state index is 0.0978. The van der Waals surface area contributed by atoms with Gasteiger partial charge < -0.3 is 0 Å². The van der Waals surface area contributed by atoms with E-state index in [1.54, 1.807) is 20.4 Å². The maximum atomic E-state index is 13.1. The van der Waals surface area contributed by atoms with E-state index in [-0.39, 0.29) is 5.56 Å². The summed E-state index contributed by atoms with van der Waals surface area (Å²) in [7, 11) is 0. The summed E-state index contributed by atoms with van der Waals surface area (Å²) in [5, 5.41) is 7.27. The summed E-state index contributed by atoms with van der Waals surface area (Å²) >= 11 is 1.58. The summed E-state index contributed by atoms with van der Waals surface area (Å²) in [6, 6.07) is 21.0. The third kappa shape index (κ3) is 2.11. The molecule has 0 radical (unpaired) electrons. The van der Waals surface area contributed by atoms with Gasteiger partial charge in [0.2, 0.25) is 5.78 Å². The molecule has 0 aliphatic carbocycles. The second-order valence-electron chi connectivity index (χ2n) is 5.62. The maximum absolute atomic E-state index is 13.1. The van der Waals surface area contributed by atoms with E-state index in [2.05, 4.69) is 10.1 Å². The van der Waals surface area contributed by atoms with Gasteiger partial charge in [-0.1, -0.05) is 36.4 Å². The van der Waals surface area contributed by atoms with Crippen molar-refractivity contribution in [3.63, 3.8) is 0 Å². The average molecular weight is 344 g/mol. The largest absolute Gasteiger partial charge is 0.268 e. The van der Waals surface area contributed by atoms with Crippen molar-refractivity contribution in [3.05, 3.63) is 82.5 Å². The normalized spacial score (nSPS) is 11.4. The second-order valence-corrected chi connectivity index (χ2v) is 6.57. The predicted octanol–water partition coefficient (Wildman–Crippen LogP) is 3.76. The van der Waals surface area contributed by atoms with Crippen LogP contribution in [-0.2, 0) is 0 Å². The molecular weight excluding hydrogens is 332 g/mol. The monoisotopic (exact) mass is 344 g/mol. The van der Waals surface area contributed by atoms with E-state index in [9.17, 15) is 4.79 Å². The molecule has 0 unspecified atom stereocenters. The van der Waals surface area contributed by atoms with Crippen molar-refractivity contribution in [2.24, 2.45) is 0 Å². The fourth-order valence-electron chi connectivity index (χ4n) is 2.98. The third-order valence-corrected chi connectivity index (χ3v) is 4.98. The molecule has 5 rings (SSSR count). The lowest BCUT2D eigenvalue weighted by Gasteiger charge is -2.09. The van der Waals surface area contributed by atoms with Gasteiger partial charge in [0.15, 0.2) is 5.82 Å². The third-order valence-electron chi connectivity index (χ3n) is 4.11. The zero-order valence-electron chi connectivity index (χ0n) is 13.0. The summed E-state index contributed by atoms with van der Waals surface area (Å²) in [5.41, 5.74) is 1.43. The van der Waals surface area contributed by atoms with Crippen LogP contribution in [0.2, 0.25) is 0 Å². The number of thiophene rings is 1. The fraction of sp³-hybridized carbons (Fsp3) is 0. The van der Waals surface area contributed by atoms with E-state index in [4.69, 9.17) is 0 Å². The molecule has 0 N–H and O–H groups in total. The first-order valence-corrected chi connectivity index (χ1v) is 8.71. The first-order valence-electron chi connectivity index (χ1n) is 7.83.